The smallest absolute Gasteiger partial charge is 0.0254 e. The van der Waals surface area contributed by atoms with Gasteiger partial charge in [-0.25, -0.2) is 0 Å². The quantitative estimate of drug-likeness (QED) is 0.623. The number of unbranched alkanes of at least 4 members (excludes halogenated alkanes) is 1. The first-order valence-electron chi connectivity index (χ1n) is 5.43. The molecule has 1 saturated heterocycles. The maximum atomic E-state index is 2.54. The van der Waals surface area contributed by atoms with Gasteiger partial charge in [0.1, 0.15) is 0 Å². The zero-order chi connectivity index (χ0) is 8.81. The minimum atomic E-state index is 0.783. The summed E-state index contributed by atoms with van der Waals surface area (Å²) in [6, 6.07) is 0.783. The fourth-order valence-electron chi connectivity index (χ4n) is 1.85. The molecule has 1 aliphatic rings. The van der Waals surface area contributed by atoms with Crippen molar-refractivity contribution in [3.05, 3.63) is 6.54 Å². The number of piperidine rings is 1. The van der Waals surface area contributed by atoms with Gasteiger partial charge in [-0.05, 0) is 32.7 Å². The van der Waals surface area contributed by atoms with Gasteiger partial charge in [-0.2, -0.15) is 0 Å². The van der Waals surface area contributed by atoms with Gasteiger partial charge in [0, 0.05) is 12.6 Å². The highest BCUT2D eigenvalue weighted by Gasteiger charge is 2.15. The predicted molar refractivity (Wildman–Crippen MR) is 53.8 cm³/mol. The highest BCUT2D eigenvalue weighted by atomic mass is 15.1. The predicted octanol–water partition coefficient (Wildman–Crippen LogP) is 3.21. The van der Waals surface area contributed by atoms with Crippen LogP contribution in [0, 0.1) is 6.54 Å². The lowest BCUT2D eigenvalue weighted by Crippen LogP contribution is -2.34. The molecule has 1 heterocycles. The molecule has 0 aromatic heterocycles. The molecular formula is C11H22N. The summed E-state index contributed by atoms with van der Waals surface area (Å²) in [6.45, 7) is 8.33. The molecule has 1 atom stereocenters. The lowest BCUT2D eigenvalue weighted by Gasteiger charge is -2.31. The molecule has 0 N–H and O–H groups in total. The summed E-state index contributed by atoms with van der Waals surface area (Å²) in [6.07, 6.45) is 8.18. The fourth-order valence-corrected chi connectivity index (χ4v) is 1.85. The van der Waals surface area contributed by atoms with Crippen molar-refractivity contribution in [1.82, 2.24) is 4.90 Å². The third-order valence-electron chi connectivity index (χ3n) is 2.78. The number of hydrogen-bond acceptors (Lipinski definition) is 1. The van der Waals surface area contributed by atoms with E-state index in [0.29, 0.717) is 0 Å². The molecule has 1 unspecified atom stereocenters. The molecule has 0 aromatic rings. The highest BCUT2D eigenvalue weighted by molar-refractivity contribution is 4.79. The third kappa shape index (κ3) is 3.14. The zero-order valence-corrected chi connectivity index (χ0v) is 8.55. The van der Waals surface area contributed by atoms with Crippen molar-refractivity contribution in [2.45, 2.75) is 58.4 Å². The molecule has 1 fully saturated rings. The molecule has 0 aromatic carbocycles. The Hall–Kier alpha value is -0.0400. The van der Waals surface area contributed by atoms with E-state index in [-0.39, 0.29) is 0 Å². The summed E-state index contributed by atoms with van der Waals surface area (Å²) in [5.41, 5.74) is 0. The van der Waals surface area contributed by atoms with Crippen LogP contribution in [0.3, 0.4) is 0 Å². The minimum absolute atomic E-state index is 0.783. The molecule has 1 rings (SSSR count). The normalized spacial score (nSPS) is 22.5. The van der Waals surface area contributed by atoms with Crippen molar-refractivity contribution in [3.8, 4) is 0 Å². The van der Waals surface area contributed by atoms with Gasteiger partial charge >= 0.3 is 0 Å². The van der Waals surface area contributed by atoms with Crippen molar-refractivity contribution < 1.29 is 0 Å². The second-order valence-electron chi connectivity index (χ2n) is 3.91. The van der Waals surface area contributed by atoms with E-state index in [1.165, 1.54) is 45.1 Å². The second-order valence-corrected chi connectivity index (χ2v) is 3.91. The average molecular weight is 168 g/mol. The Bertz CT molecular complexity index is 106. The van der Waals surface area contributed by atoms with Gasteiger partial charge in [0.15, 0.2) is 0 Å². The summed E-state index contributed by atoms with van der Waals surface area (Å²) in [4.78, 5) is 2.54. The summed E-state index contributed by atoms with van der Waals surface area (Å²) < 4.78 is 0. The van der Waals surface area contributed by atoms with Crippen LogP contribution in [0.4, 0.5) is 0 Å². The van der Waals surface area contributed by atoms with Gasteiger partial charge in [-0.1, -0.05) is 26.2 Å². The lowest BCUT2D eigenvalue weighted by molar-refractivity contribution is 0.208. The Balaban J connectivity index is 2.15. The van der Waals surface area contributed by atoms with Crippen LogP contribution in [-0.4, -0.2) is 17.5 Å². The molecule has 1 aliphatic heterocycles. The van der Waals surface area contributed by atoms with E-state index in [9.17, 15) is 0 Å². The van der Waals surface area contributed by atoms with Crippen molar-refractivity contribution >= 4 is 0 Å². The SMILES string of the molecule is CCCCC(C)N1[CH]CCCC1. The first-order chi connectivity index (χ1) is 5.84. The number of nitrogens with zero attached hydrogens (tertiary/aromatic N) is 1. The van der Waals surface area contributed by atoms with E-state index < -0.39 is 0 Å². The molecule has 0 bridgehead atoms. The van der Waals surface area contributed by atoms with Gasteiger partial charge in [0.25, 0.3) is 0 Å². The van der Waals surface area contributed by atoms with E-state index in [2.05, 4.69) is 25.3 Å². The molecule has 0 spiro atoms. The van der Waals surface area contributed by atoms with E-state index in [1.54, 1.807) is 0 Å². The summed E-state index contributed by atoms with van der Waals surface area (Å²) in [7, 11) is 0. The molecule has 71 valence electrons. The van der Waals surface area contributed by atoms with E-state index >= 15 is 0 Å². The maximum absolute atomic E-state index is 2.54. The number of rotatable bonds is 4. The van der Waals surface area contributed by atoms with Gasteiger partial charge in [-0.3, -0.25) is 4.90 Å². The van der Waals surface area contributed by atoms with Gasteiger partial charge in [-0.15, -0.1) is 0 Å². The average Bonchev–Trinajstić information content (AvgIpc) is 2.15. The van der Waals surface area contributed by atoms with Crippen LogP contribution in [0.25, 0.3) is 0 Å². The fraction of sp³-hybridized carbons (Fsp3) is 0.909. The largest absolute Gasteiger partial charge is 0.296 e. The molecule has 12 heavy (non-hydrogen) atoms. The molecule has 0 saturated carbocycles. The molecular weight excluding hydrogens is 146 g/mol. The van der Waals surface area contributed by atoms with E-state index in [1.807, 2.05) is 0 Å². The molecule has 1 heteroatoms. The first-order valence-corrected chi connectivity index (χ1v) is 5.43. The van der Waals surface area contributed by atoms with Crippen LogP contribution >= 0.6 is 0 Å². The van der Waals surface area contributed by atoms with Crippen LogP contribution < -0.4 is 0 Å². The zero-order valence-electron chi connectivity index (χ0n) is 8.55. The molecule has 0 aliphatic carbocycles. The Labute approximate surface area is 77.1 Å². The number of likely N-dealkylation sites (tertiary alicyclic amines) is 1. The van der Waals surface area contributed by atoms with Crippen LogP contribution in [0.5, 0.6) is 0 Å². The number of hydrogen-bond donors (Lipinski definition) is 0. The molecule has 1 nitrogen and oxygen atoms in total. The summed E-state index contributed by atoms with van der Waals surface area (Å²) in [5.74, 6) is 0. The second kappa shape index (κ2) is 5.58. The Morgan fingerprint density at radius 2 is 2.25 bits per heavy atom. The minimum Gasteiger partial charge on any atom is -0.296 e. The van der Waals surface area contributed by atoms with Crippen molar-refractivity contribution in [2.24, 2.45) is 0 Å². The van der Waals surface area contributed by atoms with Crippen LogP contribution in [0.15, 0.2) is 0 Å². The topological polar surface area (TPSA) is 3.24 Å². The van der Waals surface area contributed by atoms with Gasteiger partial charge in [0.2, 0.25) is 0 Å². The maximum Gasteiger partial charge on any atom is 0.0254 e. The summed E-state index contributed by atoms with van der Waals surface area (Å²) >= 11 is 0. The Kier molecular flexibility index (Phi) is 4.67. The van der Waals surface area contributed by atoms with Crippen LogP contribution in [-0.2, 0) is 0 Å². The van der Waals surface area contributed by atoms with E-state index in [0.717, 1.165) is 6.04 Å². The lowest BCUT2D eigenvalue weighted by atomic mass is 10.1. The first kappa shape index (κ1) is 10.0. The van der Waals surface area contributed by atoms with Gasteiger partial charge in [0.05, 0.1) is 0 Å². The Morgan fingerprint density at radius 3 is 2.83 bits per heavy atom. The summed E-state index contributed by atoms with van der Waals surface area (Å²) in [5, 5.41) is 0. The monoisotopic (exact) mass is 168 g/mol. The van der Waals surface area contributed by atoms with Crippen molar-refractivity contribution in [3.63, 3.8) is 0 Å². The Morgan fingerprint density at radius 1 is 1.42 bits per heavy atom. The van der Waals surface area contributed by atoms with Gasteiger partial charge < -0.3 is 0 Å². The van der Waals surface area contributed by atoms with Crippen molar-refractivity contribution in [1.29, 1.82) is 0 Å². The molecule has 0 amide bonds. The van der Waals surface area contributed by atoms with E-state index in [4.69, 9.17) is 0 Å². The van der Waals surface area contributed by atoms with Crippen molar-refractivity contribution in [2.75, 3.05) is 6.54 Å². The highest BCUT2D eigenvalue weighted by Crippen LogP contribution is 2.18. The third-order valence-corrected chi connectivity index (χ3v) is 2.78. The standard InChI is InChI=1S/C11H22N/c1-3-4-8-11(2)12-9-6-5-7-10-12/h9,11H,3-8,10H2,1-2H3. The molecule has 1 radical (unpaired) electrons. The van der Waals surface area contributed by atoms with Crippen LogP contribution in [0.2, 0.25) is 0 Å². The van der Waals surface area contributed by atoms with Crippen LogP contribution in [0.1, 0.15) is 52.4 Å².